The van der Waals surface area contributed by atoms with Gasteiger partial charge in [0.25, 0.3) is 0 Å². The number of amides is 1. The molecule has 0 bridgehead atoms. The third-order valence-electron chi connectivity index (χ3n) is 2.32. The molecule has 0 saturated heterocycles. The van der Waals surface area contributed by atoms with Gasteiger partial charge >= 0.3 is 0 Å². The number of hydrogen-bond donors (Lipinski definition) is 2. The second-order valence-electron chi connectivity index (χ2n) is 3.95. The molecule has 0 spiro atoms. The Morgan fingerprint density at radius 1 is 1.65 bits per heavy atom. The van der Waals surface area contributed by atoms with Crippen molar-refractivity contribution >= 4 is 17.2 Å². The molecular formula is C12H19N3OS. The number of carbonyl (C=O) groups is 1. The van der Waals surface area contributed by atoms with E-state index in [0.717, 1.165) is 5.01 Å². The van der Waals surface area contributed by atoms with Crippen molar-refractivity contribution in [1.82, 2.24) is 15.6 Å². The third-order valence-corrected chi connectivity index (χ3v) is 3.42. The second kappa shape index (κ2) is 6.51. The maximum atomic E-state index is 11.6. The van der Waals surface area contributed by atoms with Gasteiger partial charge in [-0.3, -0.25) is 10.1 Å². The minimum absolute atomic E-state index is 0.0231. The average Bonchev–Trinajstić information content (AvgIpc) is 2.72. The summed E-state index contributed by atoms with van der Waals surface area (Å²) in [6, 6.07) is -0.160. The Labute approximate surface area is 106 Å². The normalized spacial score (nSPS) is 14.1. The summed E-state index contributed by atoms with van der Waals surface area (Å²) in [6.45, 7) is 9.93. The highest BCUT2D eigenvalue weighted by molar-refractivity contribution is 7.11. The number of aryl methyl sites for hydroxylation is 1. The first kappa shape index (κ1) is 13.9. The SMILES string of the molecule is C=CCNC(=O)C(C)NC(C)c1ncc(C)s1. The molecule has 0 aromatic carbocycles. The zero-order valence-corrected chi connectivity index (χ0v) is 11.3. The summed E-state index contributed by atoms with van der Waals surface area (Å²) < 4.78 is 0. The molecule has 0 aliphatic heterocycles. The summed E-state index contributed by atoms with van der Waals surface area (Å²) in [5.41, 5.74) is 0. The summed E-state index contributed by atoms with van der Waals surface area (Å²) in [6.07, 6.45) is 3.51. The second-order valence-corrected chi connectivity index (χ2v) is 5.22. The van der Waals surface area contributed by atoms with E-state index in [0.29, 0.717) is 6.54 Å². The molecule has 17 heavy (non-hydrogen) atoms. The van der Waals surface area contributed by atoms with E-state index < -0.39 is 0 Å². The van der Waals surface area contributed by atoms with E-state index in [1.807, 2.05) is 27.0 Å². The fourth-order valence-corrected chi connectivity index (χ4v) is 2.21. The van der Waals surface area contributed by atoms with Gasteiger partial charge in [-0.15, -0.1) is 17.9 Å². The maximum absolute atomic E-state index is 11.6. The first-order valence-electron chi connectivity index (χ1n) is 5.61. The predicted molar refractivity (Wildman–Crippen MR) is 71.1 cm³/mol. The van der Waals surface area contributed by atoms with Crippen LogP contribution in [0.1, 0.15) is 29.8 Å². The van der Waals surface area contributed by atoms with E-state index in [2.05, 4.69) is 22.2 Å². The summed E-state index contributed by atoms with van der Waals surface area (Å²) in [5.74, 6) is -0.0231. The van der Waals surface area contributed by atoms with Crippen LogP contribution in [0.25, 0.3) is 0 Å². The molecule has 1 aromatic rings. The van der Waals surface area contributed by atoms with Crippen LogP contribution in [0.5, 0.6) is 0 Å². The molecule has 4 nitrogen and oxygen atoms in total. The van der Waals surface area contributed by atoms with E-state index in [-0.39, 0.29) is 18.0 Å². The van der Waals surface area contributed by atoms with Gasteiger partial charge in [0.1, 0.15) is 5.01 Å². The van der Waals surface area contributed by atoms with Crippen LogP contribution in [-0.2, 0) is 4.79 Å². The highest BCUT2D eigenvalue weighted by atomic mass is 32.1. The van der Waals surface area contributed by atoms with Crippen LogP contribution < -0.4 is 10.6 Å². The van der Waals surface area contributed by atoms with Crippen molar-refractivity contribution in [2.45, 2.75) is 32.9 Å². The number of rotatable bonds is 6. The van der Waals surface area contributed by atoms with Gasteiger partial charge in [-0.2, -0.15) is 0 Å². The number of aromatic nitrogens is 1. The van der Waals surface area contributed by atoms with Crippen LogP contribution in [-0.4, -0.2) is 23.5 Å². The Morgan fingerprint density at radius 2 is 2.35 bits per heavy atom. The number of carbonyl (C=O) groups excluding carboxylic acids is 1. The predicted octanol–water partition coefficient (Wildman–Crippen LogP) is 1.79. The molecule has 1 amide bonds. The maximum Gasteiger partial charge on any atom is 0.237 e. The summed E-state index contributed by atoms with van der Waals surface area (Å²) in [7, 11) is 0. The van der Waals surface area contributed by atoms with Crippen LogP contribution in [0.2, 0.25) is 0 Å². The molecule has 2 unspecified atom stereocenters. The van der Waals surface area contributed by atoms with Crippen molar-refractivity contribution < 1.29 is 4.79 Å². The molecule has 0 aliphatic carbocycles. The standard InChI is InChI=1S/C12H19N3OS/c1-5-6-13-11(16)9(3)15-10(4)12-14-7-8(2)17-12/h5,7,9-10,15H,1,6H2,2-4H3,(H,13,16). The Morgan fingerprint density at radius 3 is 2.88 bits per heavy atom. The zero-order valence-electron chi connectivity index (χ0n) is 10.5. The Balaban J connectivity index is 2.47. The van der Waals surface area contributed by atoms with E-state index in [4.69, 9.17) is 0 Å². The van der Waals surface area contributed by atoms with Gasteiger partial charge in [0.15, 0.2) is 0 Å². The number of nitrogens with one attached hydrogen (secondary N) is 2. The smallest absolute Gasteiger partial charge is 0.237 e. The molecule has 5 heteroatoms. The van der Waals surface area contributed by atoms with Gasteiger partial charge < -0.3 is 5.32 Å². The highest BCUT2D eigenvalue weighted by Gasteiger charge is 2.17. The number of nitrogens with zero attached hydrogens (tertiary/aromatic N) is 1. The van der Waals surface area contributed by atoms with Crippen molar-refractivity contribution in [3.63, 3.8) is 0 Å². The molecule has 1 heterocycles. The molecule has 0 radical (unpaired) electrons. The lowest BCUT2D eigenvalue weighted by Crippen LogP contribution is -2.43. The van der Waals surface area contributed by atoms with Crippen molar-refractivity contribution in [3.05, 3.63) is 28.7 Å². The van der Waals surface area contributed by atoms with E-state index in [1.54, 1.807) is 17.4 Å². The number of thiazole rings is 1. The van der Waals surface area contributed by atoms with Gasteiger partial charge in [0.05, 0.1) is 12.1 Å². The first-order chi connectivity index (χ1) is 8.04. The monoisotopic (exact) mass is 253 g/mol. The lowest BCUT2D eigenvalue weighted by atomic mass is 10.2. The van der Waals surface area contributed by atoms with Gasteiger partial charge in [0, 0.05) is 17.6 Å². The molecular weight excluding hydrogens is 234 g/mol. The van der Waals surface area contributed by atoms with Crippen molar-refractivity contribution in [2.75, 3.05) is 6.54 Å². The molecule has 0 aliphatic rings. The third kappa shape index (κ3) is 4.28. The number of hydrogen-bond acceptors (Lipinski definition) is 4. The minimum atomic E-state index is -0.242. The largest absolute Gasteiger partial charge is 0.351 e. The van der Waals surface area contributed by atoms with Crippen molar-refractivity contribution in [3.8, 4) is 0 Å². The molecule has 2 atom stereocenters. The van der Waals surface area contributed by atoms with Crippen LogP contribution in [0, 0.1) is 6.92 Å². The summed E-state index contributed by atoms with van der Waals surface area (Å²) in [5, 5.41) is 6.98. The van der Waals surface area contributed by atoms with Crippen LogP contribution in [0.4, 0.5) is 0 Å². The van der Waals surface area contributed by atoms with Crippen LogP contribution in [0.3, 0.4) is 0 Å². The van der Waals surface area contributed by atoms with Gasteiger partial charge in [-0.25, -0.2) is 4.98 Å². The zero-order chi connectivity index (χ0) is 12.8. The van der Waals surface area contributed by atoms with E-state index in [9.17, 15) is 4.79 Å². The molecule has 94 valence electrons. The molecule has 0 fully saturated rings. The molecule has 1 rings (SSSR count). The Bertz CT molecular complexity index is 389. The summed E-state index contributed by atoms with van der Waals surface area (Å²) in [4.78, 5) is 17.1. The molecule has 2 N–H and O–H groups in total. The van der Waals surface area contributed by atoms with E-state index >= 15 is 0 Å². The minimum Gasteiger partial charge on any atom is -0.351 e. The van der Waals surface area contributed by atoms with Crippen molar-refractivity contribution in [1.29, 1.82) is 0 Å². The van der Waals surface area contributed by atoms with Gasteiger partial charge in [-0.1, -0.05) is 6.08 Å². The van der Waals surface area contributed by atoms with Crippen LogP contribution in [0.15, 0.2) is 18.9 Å². The molecule has 0 saturated carbocycles. The fourth-order valence-electron chi connectivity index (χ4n) is 1.42. The van der Waals surface area contributed by atoms with Gasteiger partial charge in [0.2, 0.25) is 5.91 Å². The molecule has 1 aromatic heterocycles. The Kier molecular flexibility index (Phi) is 5.31. The quantitative estimate of drug-likeness (QED) is 0.760. The van der Waals surface area contributed by atoms with Crippen molar-refractivity contribution in [2.24, 2.45) is 0 Å². The van der Waals surface area contributed by atoms with Gasteiger partial charge in [-0.05, 0) is 20.8 Å². The Hall–Kier alpha value is -1.20. The van der Waals surface area contributed by atoms with Crippen LogP contribution >= 0.6 is 11.3 Å². The average molecular weight is 253 g/mol. The first-order valence-corrected chi connectivity index (χ1v) is 6.43. The lowest BCUT2D eigenvalue weighted by Gasteiger charge is -2.17. The topological polar surface area (TPSA) is 54.0 Å². The summed E-state index contributed by atoms with van der Waals surface area (Å²) >= 11 is 1.65. The fraction of sp³-hybridized carbons (Fsp3) is 0.500. The van der Waals surface area contributed by atoms with E-state index in [1.165, 1.54) is 4.88 Å². The lowest BCUT2D eigenvalue weighted by molar-refractivity contribution is -0.122. The highest BCUT2D eigenvalue weighted by Crippen LogP contribution is 2.19.